The number of hydrogen-bond donors (Lipinski definition) is 1. The lowest BCUT2D eigenvalue weighted by molar-refractivity contribution is -0.140. The van der Waals surface area contributed by atoms with E-state index in [2.05, 4.69) is 5.32 Å². The fraction of sp³-hybridized carbons (Fsp3) is 0.364. The zero-order chi connectivity index (χ0) is 21.7. The quantitative estimate of drug-likeness (QED) is 0.787. The first-order chi connectivity index (χ1) is 14.3. The highest BCUT2D eigenvalue weighted by Gasteiger charge is 2.34. The molecule has 0 atom stereocenters. The minimum Gasteiger partial charge on any atom is -0.341 e. The van der Waals surface area contributed by atoms with Gasteiger partial charge < -0.3 is 15.1 Å². The summed E-state index contributed by atoms with van der Waals surface area (Å²) < 4.78 is 39.5. The largest absolute Gasteiger partial charge is 0.416 e. The van der Waals surface area contributed by atoms with Crippen LogP contribution in [0.3, 0.4) is 0 Å². The minimum absolute atomic E-state index is 0.0699. The van der Waals surface area contributed by atoms with E-state index in [4.69, 9.17) is 0 Å². The Hall–Kier alpha value is -3.03. The van der Waals surface area contributed by atoms with Gasteiger partial charge in [-0.25, -0.2) is 4.79 Å². The van der Waals surface area contributed by atoms with Gasteiger partial charge in [0, 0.05) is 38.3 Å². The molecule has 2 aromatic carbocycles. The van der Waals surface area contributed by atoms with Gasteiger partial charge in [0.1, 0.15) is 0 Å². The van der Waals surface area contributed by atoms with Crippen LogP contribution in [0, 0.1) is 5.92 Å². The fourth-order valence-corrected chi connectivity index (χ4v) is 3.63. The van der Waals surface area contributed by atoms with Crippen LogP contribution in [0.1, 0.15) is 24.0 Å². The number of nitrogens with one attached hydrogen (secondary N) is 1. The van der Waals surface area contributed by atoms with Crippen molar-refractivity contribution in [3.8, 4) is 0 Å². The lowest BCUT2D eigenvalue weighted by Gasteiger charge is -2.33. The van der Waals surface area contributed by atoms with Gasteiger partial charge in [0.2, 0.25) is 5.91 Å². The van der Waals surface area contributed by atoms with Gasteiger partial charge in [0.25, 0.3) is 0 Å². The Kier molecular flexibility index (Phi) is 6.64. The molecule has 5 nitrogen and oxygen atoms in total. The first-order valence-electron chi connectivity index (χ1n) is 9.77. The lowest BCUT2D eigenvalue weighted by Crippen LogP contribution is -2.44. The van der Waals surface area contributed by atoms with Crippen LogP contribution < -0.4 is 5.32 Å². The average Bonchev–Trinajstić information content (AvgIpc) is 2.73. The van der Waals surface area contributed by atoms with E-state index in [1.807, 2.05) is 18.2 Å². The molecule has 1 N–H and O–H groups in total. The van der Waals surface area contributed by atoms with Crippen LogP contribution in [0.15, 0.2) is 54.6 Å². The third kappa shape index (κ3) is 5.31. The lowest BCUT2D eigenvalue weighted by atomic mass is 9.95. The predicted octanol–water partition coefficient (Wildman–Crippen LogP) is 4.61. The highest BCUT2D eigenvalue weighted by Crippen LogP contribution is 2.32. The molecule has 8 heteroatoms. The number of carbonyl (C=O) groups excluding carboxylic acids is 2. The van der Waals surface area contributed by atoms with Crippen molar-refractivity contribution in [3.63, 3.8) is 0 Å². The van der Waals surface area contributed by atoms with Crippen molar-refractivity contribution in [2.45, 2.75) is 25.6 Å². The zero-order valence-electron chi connectivity index (χ0n) is 16.7. The van der Waals surface area contributed by atoms with E-state index >= 15 is 0 Å². The topological polar surface area (TPSA) is 52.7 Å². The number of anilines is 1. The van der Waals surface area contributed by atoms with Crippen LogP contribution in [0.25, 0.3) is 0 Å². The second kappa shape index (κ2) is 9.19. The Bertz CT molecular complexity index is 879. The summed E-state index contributed by atoms with van der Waals surface area (Å²) in [4.78, 5) is 28.1. The Balaban J connectivity index is 1.54. The van der Waals surface area contributed by atoms with E-state index in [1.165, 1.54) is 30.1 Å². The number of carbonyl (C=O) groups is 2. The average molecular weight is 419 g/mol. The number of amides is 3. The molecule has 2 aromatic rings. The Morgan fingerprint density at radius 2 is 1.63 bits per heavy atom. The van der Waals surface area contributed by atoms with Crippen LogP contribution in [-0.2, 0) is 17.5 Å². The van der Waals surface area contributed by atoms with E-state index in [1.54, 1.807) is 17.0 Å². The molecule has 1 saturated heterocycles. The Labute approximate surface area is 173 Å². The molecule has 1 aliphatic heterocycles. The monoisotopic (exact) mass is 419 g/mol. The second-order valence-electron chi connectivity index (χ2n) is 7.41. The van der Waals surface area contributed by atoms with Crippen LogP contribution in [0.2, 0.25) is 0 Å². The third-order valence-electron chi connectivity index (χ3n) is 5.26. The van der Waals surface area contributed by atoms with Gasteiger partial charge in [0.05, 0.1) is 5.56 Å². The van der Waals surface area contributed by atoms with Gasteiger partial charge >= 0.3 is 12.2 Å². The molecule has 0 saturated carbocycles. The molecule has 3 rings (SSSR count). The summed E-state index contributed by atoms with van der Waals surface area (Å²) in [6.45, 7) is 0.729. The van der Waals surface area contributed by atoms with Crippen LogP contribution in [-0.4, -0.2) is 41.9 Å². The first kappa shape index (κ1) is 21.7. The van der Waals surface area contributed by atoms with E-state index in [9.17, 15) is 22.8 Å². The van der Waals surface area contributed by atoms with Gasteiger partial charge in [-0.3, -0.25) is 4.79 Å². The number of nitrogens with zero attached hydrogens (tertiary/aromatic N) is 2. The highest BCUT2D eigenvalue weighted by molar-refractivity contribution is 5.89. The van der Waals surface area contributed by atoms with Crippen molar-refractivity contribution >= 4 is 17.6 Å². The summed E-state index contributed by atoms with van der Waals surface area (Å²) in [6, 6.07) is 14.2. The number of alkyl halides is 3. The normalized spacial score (nSPS) is 15.0. The van der Waals surface area contributed by atoms with Crippen molar-refractivity contribution in [2.24, 2.45) is 5.92 Å². The summed E-state index contributed by atoms with van der Waals surface area (Å²) in [7, 11) is 1.52. The molecular weight excluding hydrogens is 395 g/mol. The van der Waals surface area contributed by atoms with E-state index < -0.39 is 11.7 Å². The maximum absolute atomic E-state index is 13.2. The van der Waals surface area contributed by atoms with Gasteiger partial charge in [0.15, 0.2) is 0 Å². The molecule has 1 fully saturated rings. The number of piperidine rings is 1. The molecule has 0 bridgehead atoms. The first-order valence-corrected chi connectivity index (χ1v) is 9.77. The number of hydrogen-bond acceptors (Lipinski definition) is 2. The summed E-state index contributed by atoms with van der Waals surface area (Å²) in [5, 5.41) is 2.82. The molecule has 0 aliphatic carbocycles. The van der Waals surface area contributed by atoms with Crippen molar-refractivity contribution in [1.29, 1.82) is 0 Å². The van der Waals surface area contributed by atoms with Gasteiger partial charge in [-0.1, -0.05) is 36.4 Å². The predicted molar refractivity (Wildman–Crippen MR) is 108 cm³/mol. The molecule has 3 amide bonds. The summed E-state index contributed by atoms with van der Waals surface area (Å²) >= 11 is 0. The number of benzene rings is 2. The summed E-state index contributed by atoms with van der Waals surface area (Å²) in [5.74, 6) is -0.510. The van der Waals surface area contributed by atoms with Crippen molar-refractivity contribution in [2.75, 3.05) is 25.5 Å². The van der Waals surface area contributed by atoms with E-state index in [0.717, 1.165) is 6.07 Å². The minimum atomic E-state index is -4.46. The number of rotatable bonds is 4. The molecule has 1 heterocycles. The van der Waals surface area contributed by atoms with Crippen molar-refractivity contribution in [1.82, 2.24) is 9.80 Å². The smallest absolute Gasteiger partial charge is 0.341 e. The van der Waals surface area contributed by atoms with Gasteiger partial charge in [-0.05, 0) is 36.6 Å². The van der Waals surface area contributed by atoms with Crippen molar-refractivity contribution < 1.29 is 22.8 Å². The molecule has 0 aromatic heterocycles. The maximum Gasteiger partial charge on any atom is 0.416 e. The number of urea groups is 1. The Morgan fingerprint density at radius 3 is 2.27 bits per heavy atom. The maximum atomic E-state index is 13.2. The molecule has 0 unspecified atom stereocenters. The van der Waals surface area contributed by atoms with E-state index in [0.29, 0.717) is 31.6 Å². The molecule has 160 valence electrons. The Morgan fingerprint density at radius 1 is 1.03 bits per heavy atom. The standard InChI is InChI=1S/C22H24F3N3O2/c1-27(15-17-7-5-6-10-19(17)22(23,24)25)20(29)16-11-13-28(14-12-16)21(30)26-18-8-3-2-4-9-18/h2-10,16H,11-15H2,1H3,(H,26,30). The molecule has 30 heavy (non-hydrogen) atoms. The van der Waals surface area contributed by atoms with Gasteiger partial charge in [-0.15, -0.1) is 0 Å². The molecule has 0 radical (unpaired) electrons. The zero-order valence-corrected chi connectivity index (χ0v) is 16.7. The second-order valence-corrected chi connectivity index (χ2v) is 7.41. The fourth-order valence-electron chi connectivity index (χ4n) is 3.63. The number of halogens is 3. The summed E-state index contributed by atoms with van der Waals surface area (Å²) in [5.41, 5.74) is 0.0429. The SMILES string of the molecule is CN(Cc1ccccc1C(F)(F)F)C(=O)C1CCN(C(=O)Nc2ccccc2)CC1. The molecule has 1 aliphatic rings. The number of likely N-dealkylation sites (tertiary alicyclic amines) is 1. The van der Waals surface area contributed by atoms with Crippen LogP contribution in [0.4, 0.5) is 23.7 Å². The molecule has 0 spiro atoms. The number of para-hydroxylation sites is 1. The van der Waals surface area contributed by atoms with Gasteiger partial charge in [-0.2, -0.15) is 13.2 Å². The molecular formula is C22H24F3N3O2. The van der Waals surface area contributed by atoms with E-state index in [-0.39, 0.29) is 30.0 Å². The third-order valence-corrected chi connectivity index (χ3v) is 5.26. The van der Waals surface area contributed by atoms with Crippen LogP contribution >= 0.6 is 0 Å². The van der Waals surface area contributed by atoms with Crippen LogP contribution in [0.5, 0.6) is 0 Å². The summed E-state index contributed by atoms with van der Waals surface area (Å²) in [6.07, 6.45) is -3.50. The highest BCUT2D eigenvalue weighted by atomic mass is 19.4. The van der Waals surface area contributed by atoms with Crippen molar-refractivity contribution in [3.05, 3.63) is 65.7 Å².